The third-order valence-corrected chi connectivity index (χ3v) is 5.05. The Labute approximate surface area is 132 Å². The number of amides is 1. The van der Waals surface area contributed by atoms with Crippen molar-refractivity contribution in [2.45, 2.75) is 39.5 Å². The maximum Gasteiger partial charge on any atom is 0.229 e. The molecular weight excluding hydrogens is 288 g/mol. The minimum Gasteiger partial charge on any atom is -0.317 e. The van der Waals surface area contributed by atoms with Crippen LogP contribution in [0, 0.1) is 18.3 Å². The van der Waals surface area contributed by atoms with Crippen molar-refractivity contribution in [2.24, 2.45) is 18.4 Å². The van der Waals surface area contributed by atoms with Crippen molar-refractivity contribution in [1.82, 2.24) is 15.1 Å². The summed E-state index contributed by atoms with van der Waals surface area (Å²) in [6, 6.07) is 0. The Bertz CT molecular complexity index is 534. The third-order valence-electron chi connectivity index (χ3n) is 5.05. The van der Waals surface area contributed by atoms with E-state index in [1.54, 1.807) is 4.68 Å². The lowest BCUT2D eigenvalue weighted by molar-refractivity contribution is -0.118. The summed E-state index contributed by atoms with van der Waals surface area (Å²) in [5.74, 6) is 1.26. The number of carbonyl (C=O) groups is 1. The van der Waals surface area contributed by atoms with Gasteiger partial charge in [-0.15, -0.1) is 12.4 Å². The first-order valence-electron chi connectivity index (χ1n) is 7.61. The molecule has 1 aromatic rings. The van der Waals surface area contributed by atoms with Crippen molar-refractivity contribution in [3.63, 3.8) is 0 Å². The molecule has 1 aliphatic heterocycles. The van der Waals surface area contributed by atoms with Gasteiger partial charge in [0.25, 0.3) is 0 Å². The van der Waals surface area contributed by atoms with Crippen LogP contribution in [0.2, 0.25) is 0 Å². The molecule has 21 heavy (non-hydrogen) atoms. The van der Waals surface area contributed by atoms with Crippen molar-refractivity contribution in [3.05, 3.63) is 11.3 Å². The zero-order valence-corrected chi connectivity index (χ0v) is 13.8. The first-order valence-corrected chi connectivity index (χ1v) is 7.61. The molecule has 2 N–H and O–H groups in total. The lowest BCUT2D eigenvalue weighted by Crippen LogP contribution is -2.32. The molecule has 118 valence electrons. The van der Waals surface area contributed by atoms with Crippen molar-refractivity contribution < 1.29 is 4.79 Å². The molecule has 3 rings (SSSR count). The number of nitrogens with one attached hydrogen (secondary N) is 2. The fourth-order valence-corrected chi connectivity index (χ4v) is 3.68. The third kappa shape index (κ3) is 2.81. The van der Waals surface area contributed by atoms with Crippen LogP contribution in [0.25, 0.3) is 0 Å². The largest absolute Gasteiger partial charge is 0.317 e. The summed E-state index contributed by atoms with van der Waals surface area (Å²) in [5, 5.41) is 10.9. The van der Waals surface area contributed by atoms with E-state index in [4.69, 9.17) is 0 Å². The fraction of sp³-hybridized carbons (Fsp3) is 0.733. The molecule has 0 radical (unpaired) electrons. The van der Waals surface area contributed by atoms with E-state index in [2.05, 4.69) is 22.7 Å². The smallest absolute Gasteiger partial charge is 0.229 e. The molecular formula is C15H25ClN4O. The van der Waals surface area contributed by atoms with E-state index in [1.165, 1.54) is 0 Å². The number of piperidine rings is 1. The molecule has 1 aliphatic carbocycles. The first-order chi connectivity index (χ1) is 9.57. The molecule has 0 bridgehead atoms. The highest BCUT2D eigenvalue weighted by Crippen LogP contribution is 2.58. The van der Waals surface area contributed by atoms with Gasteiger partial charge in [0.1, 0.15) is 5.82 Å². The summed E-state index contributed by atoms with van der Waals surface area (Å²) in [6.45, 7) is 6.20. The first kappa shape index (κ1) is 16.3. The van der Waals surface area contributed by atoms with Gasteiger partial charge in [0.05, 0.1) is 5.69 Å². The zero-order chi connectivity index (χ0) is 14.3. The second-order valence-corrected chi connectivity index (χ2v) is 6.25. The van der Waals surface area contributed by atoms with Crippen molar-refractivity contribution in [2.75, 3.05) is 18.4 Å². The molecule has 2 aliphatic rings. The van der Waals surface area contributed by atoms with Gasteiger partial charge in [-0.05, 0) is 51.1 Å². The Balaban J connectivity index is 0.00000161. The van der Waals surface area contributed by atoms with Gasteiger partial charge in [-0.3, -0.25) is 9.48 Å². The van der Waals surface area contributed by atoms with Crippen molar-refractivity contribution in [3.8, 4) is 0 Å². The number of nitrogens with zero attached hydrogens (tertiary/aromatic N) is 2. The minimum atomic E-state index is 0. The molecule has 0 aromatic carbocycles. The lowest BCUT2D eigenvalue weighted by atomic mass is 9.92. The Hall–Kier alpha value is -1.07. The number of carbonyl (C=O) groups excluding carboxylic acids is 1. The Kier molecular flexibility index (Phi) is 4.63. The Morgan fingerprint density at radius 3 is 2.76 bits per heavy atom. The molecule has 2 heterocycles. The number of rotatable bonds is 3. The van der Waals surface area contributed by atoms with Gasteiger partial charge < -0.3 is 10.6 Å². The van der Waals surface area contributed by atoms with Crippen LogP contribution >= 0.6 is 12.4 Å². The van der Waals surface area contributed by atoms with Crippen LogP contribution in [0.15, 0.2) is 0 Å². The highest BCUT2D eigenvalue weighted by molar-refractivity contribution is 5.95. The van der Waals surface area contributed by atoms with E-state index in [-0.39, 0.29) is 29.6 Å². The average molecular weight is 313 g/mol. The van der Waals surface area contributed by atoms with E-state index in [0.717, 1.165) is 55.8 Å². The van der Waals surface area contributed by atoms with Crippen LogP contribution in [0.5, 0.6) is 0 Å². The van der Waals surface area contributed by atoms with Gasteiger partial charge in [0.15, 0.2) is 0 Å². The quantitative estimate of drug-likeness (QED) is 0.898. The SMILES string of the molecule is CCc1c(C)nn(C)c1NC(=O)C1CC12CCNCC2.Cl. The normalized spacial score (nSPS) is 22.7. The molecule has 1 unspecified atom stereocenters. The summed E-state index contributed by atoms with van der Waals surface area (Å²) < 4.78 is 1.80. The fourth-order valence-electron chi connectivity index (χ4n) is 3.68. The molecule has 2 fully saturated rings. The molecule has 1 saturated carbocycles. The molecule has 6 heteroatoms. The molecule has 1 spiro atoms. The highest BCUT2D eigenvalue weighted by Gasteiger charge is 2.57. The predicted octanol–water partition coefficient (Wildman–Crippen LogP) is 2.04. The Morgan fingerprint density at radius 1 is 1.48 bits per heavy atom. The van der Waals surface area contributed by atoms with Gasteiger partial charge in [0.2, 0.25) is 5.91 Å². The molecule has 1 amide bonds. The van der Waals surface area contributed by atoms with Gasteiger partial charge in [-0.2, -0.15) is 5.10 Å². The van der Waals surface area contributed by atoms with Gasteiger partial charge in [-0.25, -0.2) is 0 Å². The van der Waals surface area contributed by atoms with Crippen molar-refractivity contribution in [1.29, 1.82) is 0 Å². The van der Waals surface area contributed by atoms with Gasteiger partial charge in [-0.1, -0.05) is 6.92 Å². The number of aromatic nitrogens is 2. The summed E-state index contributed by atoms with van der Waals surface area (Å²) in [6.07, 6.45) is 4.22. The second kappa shape index (κ2) is 5.97. The minimum absolute atomic E-state index is 0. The molecule has 5 nitrogen and oxygen atoms in total. The summed E-state index contributed by atoms with van der Waals surface area (Å²) in [4.78, 5) is 12.5. The number of aryl methyl sites for hydroxylation is 2. The van der Waals surface area contributed by atoms with E-state index in [9.17, 15) is 4.79 Å². The van der Waals surface area contributed by atoms with Crippen LogP contribution in [0.3, 0.4) is 0 Å². The monoisotopic (exact) mass is 312 g/mol. The van der Waals surface area contributed by atoms with Gasteiger partial charge in [0, 0.05) is 18.5 Å². The topological polar surface area (TPSA) is 59.0 Å². The van der Waals surface area contributed by atoms with E-state index < -0.39 is 0 Å². The van der Waals surface area contributed by atoms with Crippen LogP contribution in [-0.4, -0.2) is 28.8 Å². The maximum atomic E-state index is 12.5. The number of anilines is 1. The van der Waals surface area contributed by atoms with E-state index >= 15 is 0 Å². The summed E-state index contributed by atoms with van der Waals surface area (Å²) in [5.41, 5.74) is 2.45. The standard InChI is InChI=1S/C15H24N4O.ClH/c1-4-11-10(2)18-19(3)13(11)17-14(20)12-9-15(12)5-7-16-8-6-15;/h12,16H,4-9H2,1-3H3,(H,17,20);1H. The van der Waals surface area contributed by atoms with Crippen LogP contribution in [-0.2, 0) is 18.3 Å². The van der Waals surface area contributed by atoms with Crippen molar-refractivity contribution >= 4 is 24.1 Å². The van der Waals surface area contributed by atoms with Crippen LogP contribution < -0.4 is 10.6 Å². The predicted molar refractivity (Wildman–Crippen MR) is 85.8 cm³/mol. The van der Waals surface area contributed by atoms with Gasteiger partial charge >= 0.3 is 0 Å². The van der Waals surface area contributed by atoms with E-state index in [1.807, 2.05) is 14.0 Å². The number of hydrogen-bond donors (Lipinski definition) is 2. The van der Waals surface area contributed by atoms with Crippen LogP contribution in [0.1, 0.15) is 37.4 Å². The number of hydrogen-bond acceptors (Lipinski definition) is 3. The zero-order valence-electron chi connectivity index (χ0n) is 13.0. The summed E-state index contributed by atoms with van der Waals surface area (Å²) >= 11 is 0. The summed E-state index contributed by atoms with van der Waals surface area (Å²) in [7, 11) is 1.90. The Morgan fingerprint density at radius 2 is 2.14 bits per heavy atom. The second-order valence-electron chi connectivity index (χ2n) is 6.25. The molecule has 1 aromatic heterocycles. The lowest BCUT2D eigenvalue weighted by Gasteiger charge is -2.23. The number of halogens is 1. The van der Waals surface area contributed by atoms with E-state index in [0.29, 0.717) is 0 Å². The van der Waals surface area contributed by atoms with Crippen LogP contribution in [0.4, 0.5) is 5.82 Å². The molecule has 1 saturated heterocycles. The molecule has 1 atom stereocenters. The average Bonchev–Trinajstić information content (AvgIpc) is 3.04. The highest BCUT2D eigenvalue weighted by atomic mass is 35.5. The maximum absolute atomic E-state index is 12.5.